The van der Waals surface area contributed by atoms with Gasteiger partial charge in [-0.05, 0) is 53.4 Å². The largest absolute Gasteiger partial charge is 0.510 e. The molecule has 1 fully saturated rings. The first kappa shape index (κ1) is 30.1. The van der Waals surface area contributed by atoms with Gasteiger partial charge in [-0.2, -0.15) is 39.5 Å². The molecular weight excluding hydrogens is 491 g/mol. The van der Waals surface area contributed by atoms with Gasteiger partial charge in [-0.25, -0.2) is 4.79 Å². The molecule has 1 saturated carbocycles. The predicted octanol–water partition coefficient (Wildman–Crippen LogP) is 6.88. The van der Waals surface area contributed by atoms with Gasteiger partial charge in [-0.1, -0.05) is 13.3 Å². The molecule has 14 heteroatoms. The van der Waals surface area contributed by atoms with Gasteiger partial charge in [0.15, 0.2) is 5.41 Å². The molecule has 1 aliphatic carbocycles. The van der Waals surface area contributed by atoms with Crippen molar-refractivity contribution >= 4 is 12.1 Å². The van der Waals surface area contributed by atoms with Crippen LogP contribution in [0.3, 0.4) is 0 Å². The number of rotatable bonds is 5. The van der Waals surface area contributed by atoms with Gasteiger partial charge in [0.2, 0.25) is 0 Å². The molecule has 0 bridgehead atoms. The third kappa shape index (κ3) is 6.02. The summed E-state index contributed by atoms with van der Waals surface area (Å²) in [4.78, 5) is 24.3. The molecule has 34 heavy (non-hydrogen) atoms. The Hall–Kier alpha value is -1.89. The van der Waals surface area contributed by atoms with E-state index in [9.17, 15) is 49.1 Å². The lowest BCUT2D eigenvalue weighted by Gasteiger charge is -2.46. The molecule has 1 aliphatic rings. The molecule has 0 heterocycles. The smallest absolute Gasteiger partial charge is 0.461 e. The Morgan fingerprint density at radius 2 is 1.24 bits per heavy atom. The van der Waals surface area contributed by atoms with Crippen molar-refractivity contribution in [1.82, 2.24) is 0 Å². The minimum atomic E-state index is -6.27. The second-order valence-corrected chi connectivity index (χ2v) is 9.32. The summed E-state index contributed by atoms with van der Waals surface area (Å²) in [5.41, 5.74) is -9.87. The number of alkyl halides is 9. The van der Waals surface area contributed by atoms with E-state index in [2.05, 4.69) is 14.2 Å². The lowest BCUT2D eigenvalue weighted by Crippen LogP contribution is -2.67. The summed E-state index contributed by atoms with van der Waals surface area (Å²) in [6.45, 7) is 4.92. The molecular formula is C20H27F9O5. The molecule has 0 aromatic carbocycles. The van der Waals surface area contributed by atoms with Crippen molar-refractivity contribution < 1.29 is 63.3 Å². The molecule has 1 rings (SSSR count). The molecule has 0 aliphatic heterocycles. The molecule has 0 aromatic heterocycles. The fraction of sp³-hybridized carbons (Fsp3) is 0.900. The van der Waals surface area contributed by atoms with Crippen molar-refractivity contribution in [3.63, 3.8) is 0 Å². The molecule has 0 amide bonds. The van der Waals surface area contributed by atoms with E-state index in [0.717, 1.165) is 6.92 Å². The SMILES string of the molecule is CCC(C)(C(=O)OC1CCCCC1C(OC(=O)OC(C)(C)C)(C(F)(F)F)C(F)(F)F)C(F)(F)F. The van der Waals surface area contributed by atoms with Crippen LogP contribution in [0.25, 0.3) is 0 Å². The van der Waals surface area contributed by atoms with Crippen LogP contribution in [0.15, 0.2) is 0 Å². The molecule has 200 valence electrons. The van der Waals surface area contributed by atoms with Gasteiger partial charge in [0.25, 0.3) is 0 Å². The van der Waals surface area contributed by atoms with Gasteiger partial charge in [-0.15, -0.1) is 0 Å². The van der Waals surface area contributed by atoms with Crippen molar-refractivity contribution in [3.05, 3.63) is 0 Å². The normalized spacial score (nSPS) is 22.5. The average Bonchev–Trinajstić information content (AvgIpc) is 2.61. The summed E-state index contributed by atoms with van der Waals surface area (Å²) in [6, 6.07) is 0. The summed E-state index contributed by atoms with van der Waals surface area (Å²) < 4.78 is 138. The average molecular weight is 518 g/mol. The second-order valence-electron chi connectivity index (χ2n) is 9.32. The van der Waals surface area contributed by atoms with Crippen molar-refractivity contribution in [1.29, 1.82) is 0 Å². The number of carbonyl (C=O) groups is 2. The van der Waals surface area contributed by atoms with Gasteiger partial charge in [0.05, 0.1) is 5.92 Å². The molecule has 0 radical (unpaired) electrons. The van der Waals surface area contributed by atoms with Gasteiger partial charge in [-0.3, -0.25) is 4.79 Å². The standard InChI is InChI=1S/C20H27F9O5/c1-6-16(5,18(21,22)23)13(30)32-12-10-8-7-9-11(12)17(19(24,25)26,20(27,28)29)34-14(31)33-15(2,3)4/h11-12H,6-10H2,1-5H3. The zero-order chi connectivity index (χ0) is 27.0. The fourth-order valence-electron chi connectivity index (χ4n) is 3.61. The lowest BCUT2D eigenvalue weighted by molar-refractivity contribution is -0.394. The quantitative estimate of drug-likeness (QED) is 0.293. The van der Waals surface area contributed by atoms with Crippen LogP contribution in [0.1, 0.15) is 66.7 Å². The Morgan fingerprint density at radius 3 is 1.62 bits per heavy atom. The monoisotopic (exact) mass is 518 g/mol. The van der Waals surface area contributed by atoms with Gasteiger partial charge < -0.3 is 14.2 Å². The number of carbonyl (C=O) groups excluding carboxylic acids is 2. The van der Waals surface area contributed by atoms with E-state index in [1.54, 1.807) is 0 Å². The first-order chi connectivity index (χ1) is 15.0. The van der Waals surface area contributed by atoms with Crippen molar-refractivity contribution in [2.45, 2.75) is 103 Å². The van der Waals surface area contributed by atoms with Crippen molar-refractivity contribution in [2.24, 2.45) is 11.3 Å². The van der Waals surface area contributed by atoms with Crippen LogP contribution in [0.5, 0.6) is 0 Å². The Balaban J connectivity index is 3.56. The van der Waals surface area contributed by atoms with Gasteiger partial charge >= 0.3 is 36.3 Å². The summed E-state index contributed by atoms with van der Waals surface area (Å²) in [5, 5.41) is 0. The Morgan fingerprint density at radius 1 is 0.765 bits per heavy atom. The Bertz CT molecular complexity index is 723. The highest BCUT2D eigenvalue weighted by molar-refractivity contribution is 5.77. The van der Waals surface area contributed by atoms with Crippen LogP contribution in [-0.2, 0) is 19.0 Å². The minimum Gasteiger partial charge on any atom is -0.461 e. The summed E-state index contributed by atoms with van der Waals surface area (Å²) in [5.74, 6) is -4.78. The Labute approximate surface area is 190 Å². The summed E-state index contributed by atoms with van der Waals surface area (Å²) in [7, 11) is 0. The highest BCUT2D eigenvalue weighted by Crippen LogP contribution is 2.55. The maximum atomic E-state index is 14.1. The van der Waals surface area contributed by atoms with E-state index < -0.39 is 78.6 Å². The zero-order valence-electron chi connectivity index (χ0n) is 19.1. The highest BCUT2D eigenvalue weighted by atomic mass is 19.4. The van der Waals surface area contributed by atoms with Crippen LogP contribution in [-0.4, -0.2) is 48.0 Å². The topological polar surface area (TPSA) is 61.8 Å². The van der Waals surface area contributed by atoms with Crippen LogP contribution in [0.4, 0.5) is 44.3 Å². The van der Waals surface area contributed by atoms with Crippen molar-refractivity contribution in [2.75, 3.05) is 0 Å². The number of hydrogen-bond acceptors (Lipinski definition) is 5. The van der Waals surface area contributed by atoms with Crippen molar-refractivity contribution in [3.8, 4) is 0 Å². The van der Waals surface area contributed by atoms with E-state index in [1.807, 2.05) is 0 Å². The molecule has 0 saturated heterocycles. The number of hydrogen-bond donors (Lipinski definition) is 0. The van der Waals surface area contributed by atoms with E-state index in [-0.39, 0.29) is 12.8 Å². The van der Waals surface area contributed by atoms with E-state index in [1.165, 1.54) is 20.8 Å². The maximum Gasteiger partial charge on any atom is 0.510 e. The lowest BCUT2D eigenvalue weighted by atomic mass is 9.73. The van der Waals surface area contributed by atoms with E-state index >= 15 is 0 Å². The zero-order valence-corrected chi connectivity index (χ0v) is 19.1. The second kappa shape index (κ2) is 9.63. The van der Waals surface area contributed by atoms with E-state index in [0.29, 0.717) is 6.92 Å². The molecule has 0 spiro atoms. The van der Waals surface area contributed by atoms with Gasteiger partial charge in [0.1, 0.15) is 11.7 Å². The molecule has 3 unspecified atom stereocenters. The number of ether oxygens (including phenoxy) is 3. The number of esters is 1. The molecule has 3 atom stereocenters. The highest BCUT2D eigenvalue weighted by Gasteiger charge is 2.79. The Kier molecular flexibility index (Phi) is 8.54. The van der Waals surface area contributed by atoms with Crippen LogP contribution in [0, 0.1) is 11.3 Å². The molecule has 0 N–H and O–H groups in total. The first-order valence-corrected chi connectivity index (χ1v) is 10.4. The molecule has 0 aromatic rings. The summed E-state index contributed by atoms with van der Waals surface area (Å²) in [6.07, 6.45) is -24.9. The molecule has 5 nitrogen and oxygen atoms in total. The minimum absolute atomic E-state index is 0.0263. The third-order valence-electron chi connectivity index (χ3n) is 5.74. The maximum absolute atomic E-state index is 14.1. The van der Waals surface area contributed by atoms with E-state index in [4.69, 9.17) is 0 Å². The fourth-order valence-corrected chi connectivity index (χ4v) is 3.61. The predicted molar refractivity (Wildman–Crippen MR) is 98.5 cm³/mol. The third-order valence-corrected chi connectivity index (χ3v) is 5.74. The first-order valence-electron chi connectivity index (χ1n) is 10.4. The van der Waals surface area contributed by atoms with Crippen LogP contribution < -0.4 is 0 Å². The number of halogens is 9. The van der Waals surface area contributed by atoms with Gasteiger partial charge in [0, 0.05) is 0 Å². The van der Waals surface area contributed by atoms with Crippen LogP contribution >= 0.6 is 0 Å². The van der Waals surface area contributed by atoms with Crippen LogP contribution in [0.2, 0.25) is 0 Å². The summed E-state index contributed by atoms with van der Waals surface area (Å²) >= 11 is 0.